The molecule has 0 amide bonds. The number of hydrogen-bond donors (Lipinski definition) is 0. The number of fused-ring (bicyclic) bond motifs is 1. The van der Waals surface area contributed by atoms with Crippen molar-refractivity contribution in [3.8, 4) is 5.82 Å². The Bertz CT molecular complexity index is 846. The predicted octanol–water partition coefficient (Wildman–Crippen LogP) is 3.66. The van der Waals surface area contributed by atoms with Gasteiger partial charge in [-0.15, -0.1) is 0 Å². The van der Waals surface area contributed by atoms with Crippen molar-refractivity contribution in [2.24, 2.45) is 0 Å². The zero-order valence-corrected chi connectivity index (χ0v) is 13.7. The summed E-state index contributed by atoms with van der Waals surface area (Å²) in [5.41, 5.74) is 0.623. The average molecular weight is 362 g/mol. The molecule has 2 aromatic heterocycles. The number of hydrogen-bond acceptors (Lipinski definition) is 4. The van der Waals surface area contributed by atoms with Crippen LogP contribution in [0.5, 0.6) is 0 Å². The Morgan fingerprint density at radius 2 is 2.05 bits per heavy atom. The minimum atomic E-state index is -0.0913. The van der Waals surface area contributed by atoms with Crippen molar-refractivity contribution >= 4 is 38.6 Å². The van der Waals surface area contributed by atoms with Crippen LogP contribution in [0.4, 0.5) is 0 Å². The third-order valence-electron chi connectivity index (χ3n) is 2.96. The molecule has 0 aliphatic rings. The van der Waals surface area contributed by atoms with Gasteiger partial charge >= 0.3 is 0 Å². The number of para-hydroxylation sites is 1. The molecule has 0 unspecified atom stereocenters. The lowest BCUT2D eigenvalue weighted by Crippen LogP contribution is -2.22. The van der Waals surface area contributed by atoms with E-state index in [1.807, 2.05) is 37.3 Å². The van der Waals surface area contributed by atoms with E-state index in [2.05, 4.69) is 25.9 Å². The van der Waals surface area contributed by atoms with Gasteiger partial charge in [0.05, 0.1) is 10.9 Å². The van der Waals surface area contributed by atoms with Gasteiger partial charge in [-0.25, -0.2) is 14.5 Å². The highest BCUT2D eigenvalue weighted by Gasteiger charge is 2.13. The van der Waals surface area contributed by atoms with Gasteiger partial charge in [-0.3, -0.25) is 4.79 Å². The molecule has 2 heterocycles. The second-order valence-electron chi connectivity index (χ2n) is 4.32. The van der Waals surface area contributed by atoms with Gasteiger partial charge in [0, 0.05) is 10.7 Å². The zero-order chi connectivity index (χ0) is 14.8. The Morgan fingerprint density at radius 1 is 1.24 bits per heavy atom. The molecule has 0 aliphatic heterocycles. The largest absolute Gasteiger partial charge is 0.268 e. The fourth-order valence-corrected chi connectivity index (χ4v) is 3.00. The number of aromatic nitrogens is 3. The molecule has 0 bridgehead atoms. The highest BCUT2D eigenvalue weighted by atomic mass is 79.9. The smallest absolute Gasteiger partial charge is 0.267 e. The minimum Gasteiger partial charge on any atom is -0.268 e. The summed E-state index contributed by atoms with van der Waals surface area (Å²) < 4.78 is 2.45. The second kappa shape index (κ2) is 5.99. The van der Waals surface area contributed by atoms with Gasteiger partial charge < -0.3 is 0 Å². The maximum absolute atomic E-state index is 12.8. The van der Waals surface area contributed by atoms with Gasteiger partial charge in [0.25, 0.3) is 5.56 Å². The van der Waals surface area contributed by atoms with Crippen LogP contribution in [0.15, 0.2) is 57.0 Å². The quantitative estimate of drug-likeness (QED) is 0.527. The second-order valence-corrected chi connectivity index (χ2v) is 6.47. The number of halogens is 1. The van der Waals surface area contributed by atoms with Crippen LogP contribution in [0.2, 0.25) is 0 Å². The van der Waals surface area contributed by atoms with Gasteiger partial charge in [0.1, 0.15) is 5.82 Å². The van der Waals surface area contributed by atoms with Crippen molar-refractivity contribution in [3.63, 3.8) is 0 Å². The Kier molecular flexibility index (Phi) is 4.07. The standard InChI is InChI=1S/C15H12BrN3OS/c1-2-21-15-18-12-6-4-3-5-11(12)14(20)19(15)13-8-7-10(16)9-17-13/h3-9H,2H2,1H3. The first-order chi connectivity index (χ1) is 10.2. The molecule has 0 fully saturated rings. The number of rotatable bonds is 3. The first kappa shape index (κ1) is 14.3. The summed E-state index contributed by atoms with van der Waals surface area (Å²) in [4.78, 5) is 21.7. The summed E-state index contributed by atoms with van der Waals surface area (Å²) >= 11 is 4.88. The molecule has 0 spiro atoms. The average Bonchev–Trinajstić information content (AvgIpc) is 2.49. The van der Waals surface area contributed by atoms with E-state index >= 15 is 0 Å². The molecule has 3 aromatic rings. The highest BCUT2D eigenvalue weighted by Crippen LogP contribution is 2.20. The summed E-state index contributed by atoms with van der Waals surface area (Å²) in [5.74, 6) is 1.42. The monoisotopic (exact) mass is 361 g/mol. The first-order valence-electron chi connectivity index (χ1n) is 6.47. The SMILES string of the molecule is CCSc1nc2ccccc2c(=O)n1-c1ccc(Br)cn1. The van der Waals surface area contributed by atoms with Gasteiger partial charge in [-0.2, -0.15) is 0 Å². The van der Waals surface area contributed by atoms with Crippen LogP contribution < -0.4 is 5.56 Å². The molecule has 21 heavy (non-hydrogen) atoms. The van der Waals surface area contributed by atoms with Crippen LogP contribution in [0.25, 0.3) is 16.7 Å². The molecule has 6 heteroatoms. The summed E-state index contributed by atoms with van der Waals surface area (Å²) in [5, 5.41) is 1.26. The fraction of sp³-hybridized carbons (Fsp3) is 0.133. The van der Waals surface area contributed by atoms with E-state index in [9.17, 15) is 4.79 Å². The van der Waals surface area contributed by atoms with Crippen molar-refractivity contribution in [3.05, 3.63) is 57.4 Å². The van der Waals surface area contributed by atoms with Gasteiger partial charge in [0.15, 0.2) is 5.16 Å². The van der Waals surface area contributed by atoms with E-state index < -0.39 is 0 Å². The summed E-state index contributed by atoms with van der Waals surface area (Å²) in [7, 11) is 0. The van der Waals surface area contributed by atoms with E-state index in [-0.39, 0.29) is 5.56 Å². The van der Waals surface area contributed by atoms with E-state index in [0.717, 1.165) is 10.2 Å². The number of thioether (sulfide) groups is 1. The van der Waals surface area contributed by atoms with E-state index in [1.54, 1.807) is 16.8 Å². The van der Waals surface area contributed by atoms with E-state index in [1.165, 1.54) is 11.8 Å². The van der Waals surface area contributed by atoms with Crippen LogP contribution in [0.1, 0.15) is 6.92 Å². The van der Waals surface area contributed by atoms with Gasteiger partial charge in [-0.1, -0.05) is 30.8 Å². The maximum Gasteiger partial charge on any atom is 0.267 e. The highest BCUT2D eigenvalue weighted by molar-refractivity contribution is 9.10. The van der Waals surface area contributed by atoms with Crippen molar-refractivity contribution < 1.29 is 0 Å². The van der Waals surface area contributed by atoms with Crippen LogP contribution in [0.3, 0.4) is 0 Å². The zero-order valence-electron chi connectivity index (χ0n) is 11.3. The lowest BCUT2D eigenvalue weighted by molar-refractivity contribution is 0.795. The Morgan fingerprint density at radius 3 is 2.76 bits per heavy atom. The van der Waals surface area contributed by atoms with E-state index in [4.69, 9.17) is 0 Å². The van der Waals surface area contributed by atoms with Crippen LogP contribution in [-0.2, 0) is 0 Å². The molecule has 0 aliphatic carbocycles. The third-order valence-corrected chi connectivity index (χ3v) is 4.25. The third kappa shape index (κ3) is 2.73. The summed E-state index contributed by atoms with van der Waals surface area (Å²) in [6.45, 7) is 2.03. The van der Waals surface area contributed by atoms with Crippen LogP contribution in [0, 0.1) is 0 Å². The number of nitrogens with zero attached hydrogens (tertiary/aromatic N) is 3. The summed E-state index contributed by atoms with van der Waals surface area (Å²) in [6.07, 6.45) is 1.68. The fourth-order valence-electron chi connectivity index (χ4n) is 2.04. The summed E-state index contributed by atoms with van der Waals surface area (Å²) in [6, 6.07) is 11.1. The lowest BCUT2D eigenvalue weighted by atomic mass is 10.2. The molecular weight excluding hydrogens is 350 g/mol. The number of benzene rings is 1. The normalized spacial score (nSPS) is 11.0. The molecule has 0 saturated carbocycles. The maximum atomic E-state index is 12.8. The topological polar surface area (TPSA) is 47.8 Å². The molecule has 0 N–H and O–H groups in total. The Balaban J connectivity index is 2.33. The molecule has 3 rings (SSSR count). The van der Waals surface area contributed by atoms with Crippen molar-refractivity contribution in [2.75, 3.05) is 5.75 Å². The Labute approximate surface area is 134 Å². The molecule has 0 radical (unpaired) electrons. The van der Waals surface area contributed by atoms with Crippen LogP contribution >= 0.6 is 27.7 Å². The molecule has 106 valence electrons. The van der Waals surface area contributed by atoms with Crippen molar-refractivity contribution in [1.29, 1.82) is 0 Å². The van der Waals surface area contributed by atoms with E-state index in [0.29, 0.717) is 21.9 Å². The molecule has 1 aromatic carbocycles. The number of pyridine rings is 1. The van der Waals surface area contributed by atoms with Gasteiger partial charge in [0.2, 0.25) is 0 Å². The molecular formula is C15H12BrN3OS. The molecule has 0 atom stereocenters. The Hall–Kier alpha value is -1.66. The van der Waals surface area contributed by atoms with Crippen molar-refractivity contribution in [2.45, 2.75) is 12.1 Å². The predicted molar refractivity (Wildman–Crippen MR) is 89.2 cm³/mol. The minimum absolute atomic E-state index is 0.0913. The molecule has 0 saturated heterocycles. The lowest BCUT2D eigenvalue weighted by Gasteiger charge is -2.11. The van der Waals surface area contributed by atoms with Gasteiger partial charge in [-0.05, 0) is 45.9 Å². The molecule has 4 nitrogen and oxygen atoms in total. The van der Waals surface area contributed by atoms with Crippen molar-refractivity contribution in [1.82, 2.24) is 14.5 Å². The first-order valence-corrected chi connectivity index (χ1v) is 8.25. The van der Waals surface area contributed by atoms with Crippen LogP contribution in [-0.4, -0.2) is 20.3 Å².